The third-order valence-electron chi connectivity index (χ3n) is 8.23. The Morgan fingerprint density at radius 1 is 0.783 bits per heavy atom. The third-order valence-corrected chi connectivity index (χ3v) is 10.0. The van der Waals surface area contributed by atoms with E-state index in [1.807, 2.05) is 87.5 Å². The number of carbonyl (C=O) groups excluding carboxylic acids is 2. The highest BCUT2D eigenvalue weighted by Gasteiger charge is 2.35. The molecule has 7 nitrogen and oxygen atoms in total. The molecule has 8 heteroatoms. The lowest BCUT2D eigenvalue weighted by Crippen LogP contribution is -2.53. The summed E-state index contributed by atoms with van der Waals surface area (Å²) in [5.74, 6) is -0.724. The van der Waals surface area contributed by atoms with E-state index in [4.69, 9.17) is 0 Å². The van der Waals surface area contributed by atoms with Crippen molar-refractivity contribution in [3.05, 3.63) is 131 Å². The van der Waals surface area contributed by atoms with Gasteiger partial charge in [0.25, 0.3) is 10.0 Å². The molecule has 4 aromatic carbocycles. The highest BCUT2D eigenvalue weighted by atomic mass is 32.2. The zero-order chi connectivity index (χ0) is 33.1. The second kappa shape index (κ2) is 16.2. The number of sulfonamides is 1. The summed E-state index contributed by atoms with van der Waals surface area (Å²) in [6.07, 6.45) is 2.59. The molecule has 0 spiro atoms. The van der Waals surface area contributed by atoms with E-state index in [0.29, 0.717) is 18.7 Å². The van der Waals surface area contributed by atoms with Crippen molar-refractivity contribution in [2.75, 3.05) is 17.4 Å². The number of nitrogens with zero attached hydrogens (tertiary/aromatic N) is 2. The van der Waals surface area contributed by atoms with E-state index in [0.717, 1.165) is 40.7 Å². The van der Waals surface area contributed by atoms with Gasteiger partial charge in [0, 0.05) is 19.5 Å². The van der Waals surface area contributed by atoms with Crippen molar-refractivity contribution in [3.63, 3.8) is 0 Å². The van der Waals surface area contributed by atoms with Gasteiger partial charge in [-0.1, -0.05) is 111 Å². The monoisotopic (exact) mass is 639 g/mol. The van der Waals surface area contributed by atoms with Crippen LogP contribution in [0.15, 0.2) is 108 Å². The quantitative estimate of drug-likeness (QED) is 0.148. The lowest BCUT2D eigenvalue weighted by Gasteiger charge is -2.34. The van der Waals surface area contributed by atoms with Crippen LogP contribution in [0.5, 0.6) is 0 Å². The number of unbranched alkanes of at least 4 members (excludes halogenated alkanes) is 1. The predicted molar refractivity (Wildman–Crippen MR) is 185 cm³/mol. The second-order valence-electron chi connectivity index (χ2n) is 11.6. The molecule has 4 aromatic rings. The maximum atomic E-state index is 14.7. The summed E-state index contributed by atoms with van der Waals surface area (Å²) in [5.41, 5.74) is 4.94. The summed E-state index contributed by atoms with van der Waals surface area (Å²) in [5, 5.41) is 3.04. The molecule has 2 amide bonds. The molecular formula is C38H45N3O4S. The van der Waals surface area contributed by atoms with E-state index in [-0.39, 0.29) is 23.8 Å². The molecule has 0 saturated carbocycles. The maximum Gasteiger partial charge on any atom is 0.264 e. The van der Waals surface area contributed by atoms with E-state index >= 15 is 0 Å². The van der Waals surface area contributed by atoms with Gasteiger partial charge in [-0.15, -0.1) is 0 Å². The Morgan fingerprint density at radius 3 is 2.07 bits per heavy atom. The Labute approximate surface area is 274 Å². The fraction of sp³-hybridized carbons (Fsp3) is 0.316. The minimum Gasteiger partial charge on any atom is -0.354 e. The number of nitrogens with one attached hydrogen (secondary N) is 1. The number of rotatable bonds is 15. The van der Waals surface area contributed by atoms with Gasteiger partial charge in [0.1, 0.15) is 12.6 Å². The lowest BCUT2D eigenvalue weighted by molar-refractivity contribution is -0.140. The van der Waals surface area contributed by atoms with Gasteiger partial charge in [-0.3, -0.25) is 13.9 Å². The van der Waals surface area contributed by atoms with Gasteiger partial charge in [0.05, 0.1) is 10.6 Å². The average Bonchev–Trinajstić information content (AvgIpc) is 3.06. The zero-order valence-corrected chi connectivity index (χ0v) is 28.1. The van der Waals surface area contributed by atoms with Crippen molar-refractivity contribution in [3.8, 4) is 0 Å². The second-order valence-corrected chi connectivity index (χ2v) is 13.5. The predicted octanol–water partition coefficient (Wildman–Crippen LogP) is 6.62. The lowest BCUT2D eigenvalue weighted by atomic mass is 10.0. The van der Waals surface area contributed by atoms with Gasteiger partial charge in [-0.2, -0.15) is 0 Å². The van der Waals surface area contributed by atoms with Crippen LogP contribution in [0.3, 0.4) is 0 Å². The van der Waals surface area contributed by atoms with Crippen molar-refractivity contribution >= 4 is 27.5 Å². The zero-order valence-electron chi connectivity index (χ0n) is 27.3. The Balaban J connectivity index is 1.82. The number of para-hydroxylation sites is 1. The molecule has 0 fully saturated rings. The molecule has 0 aliphatic rings. The van der Waals surface area contributed by atoms with Crippen LogP contribution >= 0.6 is 0 Å². The number of hydrogen-bond acceptors (Lipinski definition) is 4. The van der Waals surface area contributed by atoms with Crippen LogP contribution in [0.1, 0.15) is 54.5 Å². The Kier molecular flexibility index (Phi) is 12.1. The number of amides is 2. The summed E-state index contributed by atoms with van der Waals surface area (Å²) < 4.78 is 29.9. The van der Waals surface area contributed by atoms with E-state index in [1.54, 1.807) is 41.3 Å². The molecule has 0 aromatic heterocycles. The Bertz CT molecular complexity index is 1710. The topological polar surface area (TPSA) is 86.8 Å². The molecule has 46 heavy (non-hydrogen) atoms. The molecule has 0 radical (unpaired) electrons. The van der Waals surface area contributed by atoms with Gasteiger partial charge in [-0.25, -0.2) is 8.42 Å². The van der Waals surface area contributed by atoms with E-state index in [2.05, 4.69) is 12.2 Å². The molecule has 1 N–H and O–H groups in total. The van der Waals surface area contributed by atoms with Crippen LogP contribution in [-0.4, -0.2) is 44.3 Å². The standard InChI is InChI=1S/C38H45N3O4S/c1-5-7-25-39-38(43)36(26-31-16-9-8-10-17-31)40(27-33-19-12-11-15-30(33)4)37(42)28-41(35-20-14-13-18-32(35)6-2)46(44,45)34-23-21-29(3)22-24-34/h8-24,36H,5-7,25-28H2,1-4H3,(H,39,43)/t36-/m0/s1. The van der Waals surface area contributed by atoms with E-state index < -0.39 is 28.5 Å². The largest absolute Gasteiger partial charge is 0.354 e. The van der Waals surface area contributed by atoms with Crippen LogP contribution in [0.2, 0.25) is 0 Å². The first-order chi connectivity index (χ1) is 22.1. The van der Waals surface area contributed by atoms with Crippen LogP contribution in [0, 0.1) is 13.8 Å². The maximum absolute atomic E-state index is 14.7. The molecule has 1 atom stereocenters. The molecular weight excluding hydrogens is 595 g/mol. The first-order valence-electron chi connectivity index (χ1n) is 16.0. The van der Waals surface area contributed by atoms with Crippen molar-refractivity contribution < 1.29 is 18.0 Å². The van der Waals surface area contributed by atoms with Crippen molar-refractivity contribution in [2.45, 2.75) is 70.9 Å². The molecule has 0 heterocycles. The summed E-state index contributed by atoms with van der Waals surface area (Å²) in [7, 11) is -4.15. The molecule has 242 valence electrons. The third kappa shape index (κ3) is 8.63. The van der Waals surface area contributed by atoms with Crippen LogP contribution < -0.4 is 9.62 Å². The van der Waals surface area contributed by atoms with Crippen molar-refractivity contribution in [2.24, 2.45) is 0 Å². The minimum absolute atomic E-state index is 0.0976. The summed E-state index contributed by atoms with van der Waals surface area (Å²) >= 11 is 0. The first kappa shape index (κ1) is 34.4. The smallest absolute Gasteiger partial charge is 0.264 e. The van der Waals surface area contributed by atoms with E-state index in [1.165, 1.54) is 4.31 Å². The SMILES string of the molecule is CCCCNC(=O)[C@H](Cc1ccccc1)N(Cc1ccccc1C)C(=O)CN(c1ccccc1CC)S(=O)(=O)c1ccc(C)cc1. The van der Waals surface area contributed by atoms with Gasteiger partial charge in [0.2, 0.25) is 11.8 Å². The van der Waals surface area contributed by atoms with Crippen LogP contribution in [0.25, 0.3) is 0 Å². The Morgan fingerprint density at radius 2 is 1.41 bits per heavy atom. The summed E-state index contributed by atoms with van der Waals surface area (Å²) in [4.78, 5) is 30.2. The van der Waals surface area contributed by atoms with Gasteiger partial charge >= 0.3 is 0 Å². The number of hydrogen-bond donors (Lipinski definition) is 1. The normalized spacial score (nSPS) is 11.9. The molecule has 0 aliphatic heterocycles. The van der Waals surface area contributed by atoms with Gasteiger partial charge in [-0.05, 0) is 67.1 Å². The summed E-state index contributed by atoms with van der Waals surface area (Å²) in [6, 6.07) is 30.4. The molecule has 0 saturated heterocycles. The fourth-order valence-corrected chi connectivity index (χ4v) is 6.89. The molecule has 0 unspecified atom stereocenters. The highest BCUT2D eigenvalue weighted by molar-refractivity contribution is 7.92. The minimum atomic E-state index is -4.15. The fourth-order valence-electron chi connectivity index (χ4n) is 5.44. The van der Waals surface area contributed by atoms with E-state index in [9.17, 15) is 18.0 Å². The van der Waals surface area contributed by atoms with Gasteiger partial charge in [0.15, 0.2) is 0 Å². The summed E-state index contributed by atoms with van der Waals surface area (Å²) in [6.45, 7) is 8.05. The molecule has 0 aliphatic carbocycles. The van der Waals surface area contributed by atoms with Gasteiger partial charge < -0.3 is 10.2 Å². The number of anilines is 1. The van der Waals surface area contributed by atoms with Crippen LogP contribution in [0.4, 0.5) is 5.69 Å². The molecule has 4 rings (SSSR count). The average molecular weight is 640 g/mol. The van der Waals surface area contributed by atoms with Crippen molar-refractivity contribution in [1.82, 2.24) is 10.2 Å². The van der Waals surface area contributed by atoms with Crippen molar-refractivity contribution in [1.29, 1.82) is 0 Å². The number of carbonyl (C=O) groups is 2. The number of aryl methyl sites for hydroxylation is 3. The highest BCUT2D eigenvalue weighted by Crippen LogP contribution is 2.29. The number of benzene rings is 4. The van der Waals surface area contributed by atoms with Crippen LogP contribution in [-0.2, 0) is 39.0 Å². The first-order valence-corrected chi connectivity index (χ1v) is 17.4. The molecule has 0 bridgehead atoms. The Hall–Kier alpha value is -4.43.